The third-order valence-corrected chi connectivity index (χ3v) is 3.10. The Morgan fingerprint density at radius 3 is 2.71 bits per heavy atom. The van der Waals surface area contributed by atoms with E-state index in [4.69, 9.17) is 4.42 Å². The Labute approximate surface area is 122 Å². The molecule has 0 unspecified atom stereocenters. The van der Waals surface area contributed by atoms with Crippen LogP contribution in [0.5, 0.6) is 0 Å². The van der Waals surface area contributed by atoms with Crippen molar-refractivity contribution in [3.05, 3.63) is 58.0 Å². The molecule has 1 heterocycles. The van der Waals surface area contributed by atoms with Gasteiger partial charge in [0.25, 0.3) is 11.6 Å². The maximum Gasteiger partial charge on any atom is 0.294 e. The van der Waals surface area contributed by atoms with E-state index in [9.17, 15) is 14.9 Å². The fourth-order valence-electron chi connectivity index (χ4n) is 2.06. The van der Waals surface area contributed by atoms with E-state index in [2.05, 4.69) is 0 Å². The van der Waals surface area contributed by atoms with Crippen molar-refractivity contribution in [2.45, 2.75) is 20.3 Å². The Hall–Kier alpha value is -2.63. The van der Waals surface area contributed by atoms with Crippen LogP contribution in [0.1, 0.15) is 29.5 Å². The molecule has 0 fully saturated rings. The topological polar surface area (TPSA) is 76.6 Å². The van der Waals surface area contributed by atoms with E-state index in [-0.39, 0.29) is 17.4 Å². The van der Waals surface area contributed by atoms with Gasteiger partial charge in [-0.25, -0.2) is 0 Å². The summed E-state index contributed by atoms with van der Waals surface area (Å²) in [7, 11) is 0. The number of anilines is 1. The molecule has 6 nitrogen and oxygen atoms in total. The van der Waals surface area contributed by atoms with Crippen molar-refractivity contribution in [1.29, 1.82) is 0 Å². The standard InChI is InChI=1S/C15H16N2O4/c1-3-8-16(15(18)14-11(2)7-9-21-14)12-5-4-6-13(10-12)17(19)20/h4-7,9-10H,3,8H2,1-2H3. The van der Waals surface area contributed by atoms with Gasteiger partial charge < -0.3 is 9.32 Å². The number of rotatable bonds is 5. The molecule has 0 saturated carbocycles. The molecule has 2 aromatic rings. The highest BCUT2D eigenvalue weighted by Gasteiger charge is 2.22. The number of nitro benzene ring substituents is 1. The van der Waals surface area contributed by atoms with Crippen LogP contribution >= 0.6 is 0 Å². The molecule has 0 atom stereocenters. The number of hydrogen-bond donors (Lipinski definition) is 0. The first-order valence-corrected chi connectivity index (χ1v) is 6.65. The second-order valence-electron chi connectivity index (χ2n) is 4.67. The lowest BCUT2D eigenvalue weighted by Crippen LogP contribution is -2.31. The number of aryl methyl sites for hydroxylation is 1. The number of hydrogen-bond acceptors (Lipinski definition) is 4. The Morgan fingerprint density at radius 2 is 2.14 bits per heavy atom. The lowest BCUT2D eigenvalue weighted by atomic mass is 10.2. The van der Waals surface area contributed by atoms with Crippen molar-refractivity contribution < 1.29 is 14.1 Å². The quantitative estimate of drug-likeness (QED) is 0.622. The zero-order valence-electron chi connectivity index (χ0n) is 11.9. The minimum Gasteiger partial charge on any atom is -0.459 e. The van der Waals surface area contributed by atoms with Crippen molar-refractivity contribution in [2.75, 3.05) is 11.4 Å². The van der Waals surface area contributed by atoms with Crippen LogP contribution in [-0.4, -0.2) is 17.4 Å². The Kier molecular flexibility index (Phi) is 4.37. The van der Waals surface area contributed by atoms with Gasteiger partial charge in [-0.05, 0) is 25.5 Å². The molecule has 0 bridgehead atoms. The maximum atomic E-state index is 12.6. The molecule has 1 aromatic heterocycles. The van der Waals surface area contributed by atoms with Crippen LogP contribution in [0.3, 0.4) is 0 Å². The van der Waals surface area contributed by atoms with E-state index >= 15 is 0 Å². The minimum atomic E-state index is -0.476. The third kappa shape index (κ3) is 3.10. The van der Waals surface area contributed by atoms with Gasteiger partial charge in [-0.1, -0.05) is 13.0 Å². The van der Waals surface area contributed by atoms with Crippen LogP contribution < -0.4 is 4.90 Å². The van der Waals surface area contributed by atoms with E-state index in [1.807, 2.05) is 6.92 Å². The number of amides is 1. The maximum absolute atomic E-state index is 12.6. The minimum absolute atomic E-state index is 0.0439. The number of nitro groups is 1. The molecule has 110 valence electrons. The van der Waals surface area contributed by atoms with E-state index in [0.717, 1.165) is 12.0 Å². The van der Waals surface area contributed by atoms with Crippen molar-refractivity contribution in [1.82, 2.24) is 0 Å². The van der Waals surface area contributed by atoms with Crippen LogP contribution in [0, 0.1) is 17.0 Å². The highest BCUT2D eigenvalue weighted by Crippen LogP contribution is 2.24. The molecule has 2 rings (SSSR count). The first-order chi connectivity index (χ1) is 10.0. The Morgan fingerprint density at radius 1 is 1.38 bits per heavy atom. The average molecular weight is 288 g/mol. The summed E-state index contributed by atoms with van der Waals surface area (Å²) in [6.45, 7) is 4.18. The summed E-state index contributed by atoms with van der Waals surface area (Å²) in [5, 5.41) is 10.9. The molecule has 0 aliphatic carbocycles. The third-order valence-electron chi connectivity index (χ3n) is 3.10. The molecule has 0 aliphatic rings. The molecule has 0 N–H and O–H groups in total. The number of benzene rings is 1. The van der Waals surface area contributed by atoms with Crippen molar-refractivity contribution in [3.63, 3.8) is 0 Å². The lowest BCUT2D eigenvalue weighted by Gasteiger charge is -2.21. The van der Waals surface area contributed by atoms with Gasteiger partial charge in [-0.2, -0.15) is 0 Å². The molecule has 0 saturated heterocycles. The molecule has 0 aliphatic heterocycles. The van der Waals surface area contributed by atoms with E-state index < -0.39 is 4.92 Å². The summed E-state index contributed by atoms with van der Waals surface area (Å²) in [6, 6.07) is 7.75. The van der Waals surface area contributed by atoms with Crippen LogP contribution in [-0.2, 0) is 0 Å². The summed E-state index contributed by atoms with van der Waals surface area (Å²) in [5.74, 6) is -0.0326. The van der Waals surface area contributed by atoms with E-state index in [1.165, 1.54) is 23.3 Å². The number of carbonyl (C=O) groups is 1. The van der Waals surface area contributed by atoms with Crippen LogP contribution in [0.15, 0.2) is 41.0 Å². The van der Waals surface area contributed by atoms with Gasteiger partial charge in [-0.15, -0.1) is 0 Å². The summed E-state index contributed by atoms with van der Waals surface area (Å²) in [4.78, 5) is 24.5. The molecule has 0 radical (unpaired) electrons. The van der Waals surface area contributed by atoms with E-state index in [0.29, 0.717) is 12.2 Å². The number of furan rings is 1. The Balaban J connectivity index is 2.39. The first-order valence-electron chi connectivity index (χ1n) is 6.65. The van der Waals surface area contributed by atoms with Gasteiger partial charge in [-0.3, -0.25) is 14.9 Å². The normalized spacial score (nSPS) is 10.4. The van der Waals surface area contributed by atoms with Gasteiger partial charge in [0.15, 0.2) is 5.76 Å². The number of carbonyl (C=O) groups excluding carboxylic acids is 1. The molecule has 0 spiro atoms. The SMILES string of the molecule is CCCN(C(=O)c1occc1C)c1cccc([N+](=O)[O-])c1. The highest BCUT2D eigenvalue weighted by atomic mass is 16.6. The smallest absolute Gasteiger partial charge is 0.294 e. The van der Waals surface area contributed by atoms with Crippen molar-refractivity contribution in [2.24, 2.45) is 0 Å². The second-order valence-corrected chi connectivity index (χ2v) is 4.67. The molecule has 21 heavy (non-hydrogen) atoms. The molecular weight excluding hydrogens is 272 g/mol. The molecular formula is C15H16N2O4. The van der Waals surface area contributed by atoms with Crippen LogP contribution in [0.25, 0.3) is 0 Å². The first kappa shape index (κ1) is 14.8. The Bertz CT molecular complexity index is 663. The highest BCUT2D eigenvalue weighted by molar-refractivity contribution is 6.05. The van der Waals surface area contributed by atoms with E-state index in [1.54, 1.807) is 25.1 Å². The summed E-state index contributed by atoms with van der Waals surface area (Å²) < 4.78 is 5.23. The van der Waals surface area contributed by atoms with Gasteiger partial charge in [0, 0.05) is 24.2 Å². The zero-order chi connectivity index (χ0) is 15.4. The lowest BCUT2D eigenvalue weighted by molar-refractivity contribution is -0.384. The fourth-order valence-corrected chi connectivity index (χ4v) is 2.06. The van der Waals surface area contributed by atoms with Crippen LogP contribution in [0.4, 0.5) is 11.4 Å². The van der Waals surface area contributed by atoms with Gasteiger partial charge in [0.05, 0.1) is 16.9 Å². The molecule has 1 aromatic carbocycles. The summed E-state index contributed by atoms with van der Waals surface area (Å²) in [5.41, 5.74) is 1.19. The van der Waals surface area contributed by atoms with Crippen molar-refractivity contribution in [3.8, 4) is 0 Å². The predicted molar refractivity (Wildman–Crippen MR) is 78.5 cm³/mol. The van der Waals surface area contributed by atoms with Crippen LogP contribution in [0.2, 0.25) is 0 Å². The van der Waals surface area contributed by atoms with Gasteiger partial charge in [0.2, 0.25) is 0 Å². The summed E-state index contributed by atoms with van der Waals surface area (Å²) >= 11 is 0. The fraction of sp³-hybridized carbons (Fsp3) is 0.267. The van der Waals surface area contributed by atoms with Gasteiger partial charge in [0.1, 0.15) is 0 Å². The predicted octanol–water partition coefficient (Wildman–Crippen LogP) is 3.55. The average Bonchev–Trinajstić information content (AvgIpc) is 2.90. The number of nitrogens with zero attached hydrogens (tertiary/aromatic N) is 2. The molecule has 6 heteroatoms. The number of non-ortho nitro benzene ring substituents is 1. The van der Waals surface area contributed by atoms with Crippen molar-refractivity contribution >= 4 is 17.3 Å². The largest absolute Gasteiger partial charge is 0.459 e. The second kappa shape index (κ2) is 6.21. The monoisotopic (exact) mass is 288 g/mol. The van der Waals surface area contributed by atoms with Gasteiger partial charge >= 0.3 is 0 Å². The molecule has 1 amide bonds. The summed E-state index contributed by atoms with van der Waals surface area (Å²) in [6.07, 6.45) is 2.19. The zero-order valence-corrected chi connectivity index (χ0v) is 11.9.